The van der Waals surface area contributed by atoms with E-state index < -0.39 is 0 Å². The second-order valence-corrected chi connectivity index (χ2v) is 8.92. The molecule has 3 heterocycles. The lowest BCUT2D eigenvalue weighted by atomic mass is 9.84. The number of carbonyl (C=O) groups is 1. The van der Waals surface area contributed by atoms with Crippen LogP contribution in [-0.4, -0.2) is 41.3 Å². The third kappa shape index (κ3) is 3.20. The van der Waals surface area contributed by atoms with Gasteiger partial charge in [-0.2, -0.15) is 11.3 Å². The number of nitrogens with one attached hydrogen (secondary N) is 2. The number of fused-ring (bicyclic) bond motifs is 1. The summed E-state index contributed by atoms with van der Waals surface area (Å²) in [6.07, 6.45) is 6.81. The molecule has 1 atom stereocenters. The summed E-state index contributed by atoms with van der Waals surface area (Å²) in [7, 11) is 0. The van der Waals surface area contributed by atoms with Gasteiger partial charge in [0, 0.05) is 11.9 Å². The second-order valence-electron chi connectivity index (χ2n) is 8.14. The van der Waals surface area contributed by atoms with Gasteiger partial charge in [-0.3, -0.25) is 9.79 Å². The van der Waals surface area contributed by atoms with Crippen LogP contribution < -0.4 is 10.6 Å². The van der Waals surface area contributed by atoms with Gasteiger partial charge in [0.25, 0.3) is 5.91 Å². The van der Waals surface area contributed by atoms with Crippen LogP contribution in [0.1, 0.15) is 48.9 Å². The van der Waals surface area contributed by atoms with Gasteiger partial charge in [-0.1, -0.05) is 25.0 Å². The summed E-state index contributed by atoms with van der Waals surface area (Å²) >= 11 is 1.57. The summed E-state index contributed by atoms with van der Waals surface area (Å²) in [6.45, 7) is 1.45. The lowest BCUT2D eigenvalue weighted by Gasteiger charge is -2.47. The number of rotatable bonds is 2. The zero-order valence-electron chi connectivity index (χ0n) is 16.0. The Bertz CT molecular complexity index is 888. The number of hydrogen-bond donors (Lipinski definition) is 2. The molecule has 1 aromatic carbocycles. The highest BCUT2D eigenvalue weighted by atomic mass is 32.1. The third-order valence-electron chi connectivity index (χ3n) is 6.19. The Morgan fingerprint density at radius 1 is 1.14 bits per heavy atom. The molecule has 28 heavy (non-hydrogen) atoms. The lowest BCUT2D eigenvalue weighted by Crippen LogP contribution is -2.62. The summed E-state index contributed by atoms with van der Waals surface area (Å²) in [5.74, 6) is 1.14. The first-order valence-electron chi connectivity index (χ1n) is 10.3. The first-order valence-corrected chi connectivity index (χ1v) is 11.2. The van der Waals surface area contributed by atoms with E-state index >= 15 is 0 Å². The summed E-state index contributed by atoms with van der Waals surface area (Å²) < 4.78 is 0. The average Bonchev–Trinajstić information content (AvgIpc) is 3.42. The highest BCUT2D eigenvalue weighted by Gasteiger charge is 2.45. The van der Waals surface area contributed by atoms with Gasteiger partial charge >= 0.3 is 0 Å². The molecular formula is C22H26N4OS. The molecule has 1 spiro atoms. The number of aliphatic imine (C=N–C) groups is 1. The second kappa shape index (κ2) is 7.24. The highest BCUT2D eigenvalue weighted by Crippen LogP contribution is 2.37. The molecule has 0 unspecified atom stereocenters. The molecule has 1 saturated carbocycles. The Kier molecular flexibility index (Phi) is 4.59. The van der Waals surface area contributed by atoms with E-state index in [9.17, 15) is 4.79 Å². The van der Waals surface area contributed by atoms with Gasteiger partial charge in [0.2, 0.25) is 0 Å². The van der Waals surface area contributed by atoms with Crippen LogP contribution in [-0.2, 0) is 0 Å². The zero-order chi connectivity index (χ0) is 19.0. The van der Waals surface area contributed by atoms with Crippen molar-refractivity contribution in [2.45, 2.75) is 50.1 Å². The van der Waals surface area contributed by atoms with Gasteiger partial charge in [0.05, 0.1) is 29.5 Å². The van der Waals surface area contributed by atoms with E-state index in [1.165, 1.54) is 25.7 Å². The average molecular weight is 395 g/mol. The Morgan fingerprint density at radius 2 is 1.96 bits per heavy atom. The molecule has 2 fully saturated rings. The van der Waals surface area contributed by atoms with E-state index in [-0.39, 0.29) is 11.4 Å². The van der Waals surface area contributed by atoms with Crippen molar-refractivity contribution in [1.82, 2.24) is 4.90 Å². The van der Waals surface area contributed by atoms with E-state index in [0.717, 1.165) is 42.2 Å². The molecule has 2 aliphatic heterocycles. The number of thiophene rings is 1. The van der Waals surface area contributed by atoms with E-state index in [2.05, 4.69) is 28.8 Å². The molecule has 1 saturated heterocycles. The minimum absolute atomic E-state index is 0.126. The number of amidine groups is 1. The topological polar surface area (TPSA) is 56.7 Å². The third-order valence-corrected chi connectivity index (χ3v) is 6.87. The fourth-order valence-electron chi connectivity index (χ4n) is 4.73. The minimum Gasteiger partial charge on any atom is -0.370 e. The molecule has 1 aliphatic carbocycles. The van der Waals surface area contributed by atoms with Gasteiger partial charge in [-0.25, -0.2) is 0 Å². The Morgan fingerprint density at radius 3 is 2.75 bits per heavy atom. The summed E-state index contributed by atoms with van der Waals surface area (Å²) in [5, 5.41) is 11.3. The number of hydrogen-bond acceptors (Lipinski definition) is 4. The van der Waals surface area contributed by atoms with E-state index in [1.807, 2.05) is 27.8 Å². The van der Waals surface area contributed by atoms with Crippen LogP contribution in [0.25, 0.3) is 0 Å². The normalized spacial score (nSPS) is 26.1. The van der Waals surface area contributed by atoms with E-state index in [1.54, 1.807) is 11.3 Å². The highest BCUT2D eigenvalue weighted by molar-refractivity contribution is 7.08. The van der Waals surface area contributed by atoms with Crippen molar-refractivity contribution < 1.29 is 4.79 Å². The predicted molar refractivity (Wildman–Crippen MR) is 116 cm³/mol. The van der Waals surface area contributed by atoms with Crippen molar-refractivity contribution in [3.63, 3.8) is 0 Å². The fourth-order valence-corrected chi connectivity index (χ4v) is 5.36. The zero-order valence-corrected chi connectivity index (χ0v) is 16.8. The minimum atomic E-state index is -0.332. The van der Waals surface area contributed by atoms with E-state index in [0.29, 0.717) is 12.6 Å². The van der Waals surface area contributed by atoms with Gasteiger partial charge in [0.1, 0.15) is 11.4 Å². The maximum atomic E-state index is 13.0. The van der Waals surface area contributed by atoms with E-state index in [4.69, 9.17) is 4.99 Å². The van der Waals surface area contributed by atoms with Crippen LogP contribution in [0.5, 0.6) is 0 Å². The summed E-state index contributed by atoms with van der Waals surface area (Å²) in [5.41, 5.74) is 2.63. The number of piperidine rings is 1. The molecule has 0 radical (unpaired) electrons. The Labute approximate surface area is 169 Å². The molecule has 5 nitrogen and oxygen atoms in total. The van der Waals surface area contributed by atoms with Gasteiger partial charge in [-0.05, 0) is 49.3 Å². The lowest BCUT2D eigenvalue weighted by molar-refractivity contribution is 0.0695. The number of anilines is 2. The van der Waals surface area contributed by atoms with Crippen LogP contribution in [0.15, 0.2) is 46.1 Å². The number of carbonyl (C=O) groups excluding carboxylic acids is 1. The molecule has 146 valence electrons. The summed E-state index contributed by atoms with van der Waals surface area (Å²) in [6, 6.07) is 10.6. The largest absolute Gasteiger partial charge is 0.370 e. The van der Waals surface area contributed by atoms with Gasteiger partial charge in [0.15, 0.2) is 0 Å². The first-order chi connectivity index (χ1) is 13.7. The molecule has 3 aliphatic rings. The smallest absolute Gasteiger partial charge is 0.254 e. The monoisotopic (exact) mass is 394 g/mol. The number of benzene rings is 1. The number of para-hydroxylation sites is 2. The molecule has 2 aromatic rings. The predicted octanol–water partition coefficient (Wildman–Crippen LogP) is 4.60. The Balaban J connectivity index is 1.49. The van der Waals surface area contributed by atoms with Crippen molar-refractivity contribution in [1.29, 1.82) is 0 Å². The van der Waals surface area contributed by atoms with Crippen molar-refractivity contribution in [2.75, 3.05) is 23.7 Å². The van der Waals surface area contributed by atoms with Crippen LogP contribution in [0.2, 0.25) is 0 Å². The number of likely N-dealkylation sites (tertiary alicyclic amines) is 1. The van der Waals surface area contributed by atoms with Crippen molar-refractivity contribution in [2.24, 2.45) is 4.99 Å². The van der Waals surface area contributed by atoms with Crippen molar-refractivity contribution >= 4 is 34.5 Å². The maximum Gasteiger partial charge on any atom is 0.254 e. The van der Waals surface area contributed by atoms with Crippen molar-refractivity contribution in [3.8, 4) is 0 Å². The van der Waals surface area contributed by atoms with Gasteiger partial charge in [-0.15, -0.1) is 0 Å². The van der Waals surface area contributed by atoms with Crippen LogP contribution >= 0.6 is 11.3 Å². The van der Waals surface area contributed by atoms with Crippen LogP contribution in [0.3, 0.4) is 0 Å². The first kappa shape index (κ1) is 17.7. The summed E-state index contributed by atoms with van der Waals surface area (Å²) in [4.78, 5) is 20.2. The van der Waals surface area contributed by atoms with Gasteiger partial charge < -0.3 is 15.5 Å². The number of amides is 1. The molecular weight excluding hydrogens is 368 g/mol. The number of nitrogens with zero attached hydrogens (tertiary/aromatic N) is 2. The molecule has 2 N–H and O–H groups in total. The van der Waals surface area contributed by atoms with Crippen LogP contribution in [0.4, 0.5) is 11.4 Å². The van der Waals surface area contributed by atoms with Crippen molar-refractivity contribution in [3.05, 3.63) is 46.7 Å². The standard InChI is InChI=1S/C22H26N4OS/c27-20(16-10-13-28-14-16)26-12-5-11-22(15-26)21(23-17-6-1-2-7-17)24-18-8-3-4-9-19(18)25-22/h3-4,8-10,13-14,17,25H,1-2,5-7,11-12,15H2,(H,23,24)/t22-/m1/s1. The molecule has 1 amide bonds. The fraction of sp³-hybridized carbons (Fsp3) is 0.455. The quantitative estimate of drug-likeness (QED) is 0.783. The maximum absolute atomic E-state index is 13.0. The molecule has 1 aromatic heterocycles. The SMILES string of the molecule is O=C(c1ccsc1)N1CCC[C@]2(C1)Nc1ccccc1NC2=NC1CCCC1. The molecule has 0 bridgehead atoms. The van der Waals surface area contributed by atoms with Crippen LogP contribution in [0, 0.1) is 0 Å². The molecule has 5 rings (SSSR count). The Hall–Kier alpha value is -2.34. The molecule has 6 heteroatoms.